The van der Waals surface area contributed by atoms with E-state index in [1.54, 1.807) is 0 Å². The summed E-state index contributed by atoms with van der Waals surface area (Å²) in [5, 5.41) is 7.21. The van der Waals surface area contributed by atoms with Gasteiger partial charge in [-0.3, -0.25) is 0 Å². The van der Waals surface area contributed by atoms with Crippen molar-refractivity contribution in [2.45, 2.75) is 6.42 Å². The van der Waals surface area contributed by atoms with Crippen molar-refractivity contribution in [3.8, 4) is 11.5 Å². The molecule has 0 bridgehead atoms. The van der Waals surface area contributed by atoms with Gasteiger partial charge in [0, 0.05) is 17.9 Å². The predicted octanol–water partition coefficient (Wildman–Crippen LogP) is 2.94. The van der Waals surface area contributed by atoms with Crippen LogP contribution in [0.3, 0.4) is 0 Å². The maximum atomic E-state index is 13.0. The molecule has 0 aliphatic heterocycles. The molecule has 7 heteroatoms. The molecule has 0 fully saturated rings. The van der Waals surface area contributed by atoms with Gasteiger partial charge < -0.3 is 4.42 Å². The van der Waals surface area contributed by atoms with Gasteiger partial charge in [-0.05, 0) is 12.1 Å². The summed E-state index contributed by atoms with van der Waals surface area (Å²) in [5.41, 5.74) is -0.0188. The Kier molecular flexibility index (Phi) is 3.33. The fraction of sp³-hybridized carbons (Fsp3) is 0.200. The predicted molar refractivity (Wildman–Crippen MR) is 54.0 cm³/mol. The van der Waals surface area contributed by atoms with Gasteiger partial charge in [-0.15, -0.1) is 21.8 Å². The largest absolute Gasteiger partial charge is 0.421 e. The fourth-order valence-corrected chi connectivity index (χ4v) is 1.39. The first-order valence-electron chi connectivity index (χ1n) is 4.65. The maximum absolute atomic E-state index is 13.0. The smallest absolute Gasteiger partial charge is 0.247 e. The highest BCUT2D eigenvalue weighted by Crippen LogP contribution is 2.22. The zero-order valence-corrected chi connectivity index (χ0v) is 9.14. The van der Waals surface area contributed by atoms with Crippen LogP contribution in [0, 0.1) is 17.5 Å². The summed E-state index contributed by atoms with van der Waals surface area (Å²) >= 11 is 5.47. The maximum Gasteiger partial charge on any atom is 0.247 e. The van der Waals surface area contributed by atoms with Crippen LogP contribution in [-0.2, 0) is 6.42 Å². The molecule has 2 aromatic rings. The molecule has 2 rings (SSSR count). The molecule has 0 aliphatic carbocycles. The monoisotopic (exact) mass is 262 g/mol. The average molecular weight is 263 g/mol. The van der Waals surface area contributed by atoms with Crippen molar-refractivity contribution >= 4 is 11.6 Å². The van der Waals surface area contributed by atoms with Crippen LogP contribution in [0.15, 0.2) is 16.5 Å². The van der Waals surface area contributed by atoms with Gasteiger partial charge in [-0.2, -0.15) is 0 Å². The molecule has 0 aliphatic rings. The first-order chi connectivity index (χ1) is 8.11. The van der Waals surface area contributed by atoms with Crippen LogP contribution in [0.5, 0.6) is 0 Å². The van der Waals surface area contributed by atoms with Gasteiger partial charge in [-0.25, -0.2) is 13.2 Å². The third kappa shape index (κ3) is 2.41. The van der Waals surface area contributed by atoms with Crippen molar-refractivity contribution < 1.29 is 17.6 Å². The summed E-state index contributed by atoms with van der Waals surface area (Å²) in [6.07, 6.45) is 0.348. The highest BCUT2D eigenvalue weighted by molar-refractivity contribution is 6.17. The minimum absolute atomic E-state index is 0.0188. The third-order valence-electron chi connectivity index (χ3n) is 2.01. The number of hydrogen-bond acceptors (Lipinski definition) is 3. The van der Waals surface area contributed by atoms with Gasteiger partial charge in [-0.1, -0.05) is 0 Å². The van der Waals surface area contributed by atoms with Gasteiger partial charge in [0.05, 0.1) is 0 Å². The number of halogens is 4. The molecule has 0 amide bonds. The fourth-order valence-electron chi connectivity index (χ4n) is 1.23. The van der Waals surface area contributed by atoms with E-state index in [4.69, 9.17) is 16.0 Å². The van der Waals surface area contributed by atoms with Crippen molar-refractivity contribution in [2.24, 2.45) is 0 Å². The molecule has 0 saturated carbocycles. The van der Waals surface area contributed by atoms with Crippen LogP contribution in [0.4, 0.5) is 13.2 Å². The summed E-state index contributed by atoms with van der Waals surface area (Å²) in [7, 11) is 0. The number of alkyl halides is 1. The van der Waals surface area contributed by atoms with Gasteiger partial charge in [0.1, 0.15) is 0 Å². The van der Waals surface area contributed by atoms with Gasteiger partial charge in [0.25, 0.3) is 0 Å². The van der Waals surface area contributed by atoms with E-state index in [9.17, 15) is 13.2 Å². The number of aromatic nitrogens is 2. The molecule has 90 valence electrons. The first-order valence-corrected chi connectivity index (χ1v) is 5.18. The molecule has 1 aromatic heterocycles. The zero-order chi connectivity index (χ0) is 12.4. The van der Waals surface area contributed by atoms with Crippen LogP contribution >= 0.6 is 11.6 Å². The van der Waals surface area contributed by atoms with E-state index < -0.39 is 17.5 Å². The highest BCUT2D eigenvalue weighted by Gasteiger charge is 2.15. The second kappa shape index (κ2) is 4.75. The Labute approximate surface area is 99.2 Å². The zero-order valence-electron chi connectivity index (χ0n) is 8.38. The number of rotatable bonds is 3. The molecular formula is C10H6ClF3N2O. The lowest BCUT2D eigenvalue weighted by Crippen LogP contribution is -1.91. The lowest BCUT2D eigenvalue weighted by molar-refractivity contribution is 0.446. The SMILES string of the molecule is Fc1cc(-c2nnc(CCCl)o2)cc(F)c1F. The van der Waals surface area contributed by atoms with Gasteiger partial charge >= 0.3 is 0 Å². The Morgan fingerprint density at radius 3 is 2.35 bits per heavy atom. The van der Waals surface area contributed by atoms with Crippen LogP contribution in [0.1, 0.15) is 5.89 Å². The van der Waals surface area contributed by atoms with Crippen LogP contribution in [-0.4, -0.2) is 16.1 Å². The molecule has 0 atom stereocenters. The molecular weight excluding hydrogens is 257 g/mol. The van der Waals surface area contributed by atoms with E-state index in [2.05, 4.69) is 10.2 Å². The van der Waals surface area contributed by atoms with Gasteiger partial charge in [0.2, 0.25) is 11.8 Å². The van der Waals surface area contributed by atoms with E-state index >= 15 is 0 Å². The number of aryl methyl sites for hydroxylation is 1. The Morgan fingerprint density at radius 1 is 1.12 bits per heavy atom. The first kappa shape index (κ1) is 11.9. The quantitative estimate of drug-likeness (QED) is 0.631. The normalized spacial score (nSPS) is 10.8. The lowest BCUT2D eigenvalue weighted by atomic mass is 10.2. The molecule has 0 spiro atoms. The topological polar surface area (TPSA) is 38.9 Å². The lowest BCUT2D eigenvalue weighted by Gasteiger charge is -1.98. The standard InChI is InChI=1S/C10H6ClF3N2O/c11-2-1-8-15-16-10(17-8)5-3-6(12)9(14)7(13)4-5/h3-4H,1-2H2. The van der Waals surface area contributed by atoms with E-state index in [-0.39, 0.29) is 23.2 Å². The second-order valence-corrected chi connectivity index (χ2v) is 3.57. The number of nitrogens with zero attached hydrogens (tertiary/aromatic N) is 2. The van der Waals surface area contributed by atoms with Crippen LogP contribution < -0.4 is 0 Å². The van der Waals surface area contributed by atoms with Gasteiger partial charge in [0.15, 0.2) is 17.5 Å². The van der Waals surface area contributed by atoms with Crippen molar-refractivity contribution in [2.75, 3.05) is 5.88 Å². The van der Waals surface area contributed by atoms with Crippen molar-refractivity contribution in [1.29, 1.82) is 0 Å². The molecule has 0 N–H and O–H groups in total. The summed E-state index contributed by atoms with van der Waals surface area (Å²) in [5.74, 6) is -3.69. The average Bonchev–Trinajstić information content (AvgIpc) is 2.74. The van der Waals surface area contributed by atoms with Crippen LogP contribution in [0.2, 0.25) is 0 Å². The third-order valence-corrected chi connectivity index (χ3v) is 2.19. The molecule has 0 unspecified atom stereocenters. The molecule has 3 nitrogen and oxygen atoms in total. The van der Waals surface area contributed by atoms with Crippen molar-refractivity contribution in [1.82, 2.24) is 10.2 Å². The van der Waals surface area contributed by atoms with Crippen LogP contribution in [0.25, 0.3) is 11.5 Å². The van der Waals surface area contributed by atoms with E-state index in [0.717, 1.165) is 12.1 Å². The summed E-state index contributed by atoms with van der Waals surface area (Å²) in [4.78, 5) is 0. The Balaban J connectivity index is 2.39. The molecule has 1 heterocycles. The molecule has 0 radical (unpaired) electrons. The number of benzene rings is 1. The Bertz CT molecular complexity index is 521. The summed E-state index contributed by atoms with van der Waals surface area (Å²) in [6, 6.07) is 1.58. The van der Waals surface area contributed by atoms with E-state index in [1.165, 1.54) is 0 Å². The van der Waals surface area contributed by atoms with Crippen molar-refractivity contribution in [3.05, 3.63) is 35.5 Å². The highest BCUT2D eigenvalue weighted by atomic mass is 35.5. The molecule has 17 heavy (non-hydrogen) atoms. The Morgan fingerprint density at radius 2 is 1.76 bits per heavy atom. The van der Waals surface area contributed by atoms with E-state index in [1.807, 2.05) is 0 Å². The van der Waals surface area contributed by atoms with Crippen molar-refractivity contribution in [3.63, 3.8) is 0 Å². The van der Waals surface area contributed by atoms with E-state index in [0.29, 0.717) is 6.42 Å². The molecule has 0 saturated heterocycles. The Hall–Kier alpha value is -1.56. The minimum atomic E-state index is -1.53. The second-order valence-electron chi connectivity index (χ2n) is 3.19. The summed E-state index contributed by atoms with van der Waals surface area (Å²) < 4.78 is 43.7. The number of hydrogen-bond donors (Lipinski definition) is 0. The molecule has 1 aromatic carbocycles. The minimum Gasteiger partial charge on any atom is -0.421 e. The summed E-state index contributed by atoms with van der Waals surface area (Å²) in [6.45, 7) is 0.